The van der Waals surface area contributed by atoms with Gasteiger partial charge in [-0.05, 0) is 50.6 Å². The fourth-order valence-corrected chi connectivity index (χ4v) is 4.38. The van der Waals surface area contributed by atoms with Crippen LogP contribution in [-0.2, 0) is 25.6 Å². The summed E-state index contributed by atoms with van der Waals surface area (Å²) in [5, 5.41) is 14.3. The summed E-state index contributed by atoms with van der Waals surface area (Å²) < 4.78 is 0. The Bertz CT molecular complexity index is 855. The van der Waals surface area contributed by atoms with Crippen molar-refractivity contribution in [3.05, 3.63) is 35.9 Å². The van der Waals surface area contributed by atoms with Crippen LogP contribution >= 0.6 is 0 Å². The Labute approximate surface area is 213 Å². The monoisotopic (exact) mass is 502 g/mol. The summed E-state index contributed by atoms with van der Waals surface area (Å²) in [6.07, 6.45) is 4.44. The van der Waals surface area contributed by atoms with Crippen LogP contribution in [0, 0.1) is 5.92 Å². The summed E-state index contributed by atoms with van der Waals surface area (Å²) in [6, 6.07) is 8.14. The molecule has 0 bridgehead atoms. The lowest BCUT2D eigenvalue weighted by Crippen LogP contribution is -2.56. The zero-order valence-electron chi connectivity index (χ0n) is 21.6. The van der Waals surface area contributed by atoms with Gasteiger partial charge in [0.2, 0.25) is 23.6 Å². The third kappa shape index (κ3) is 10.3. The van der Waals surface area contributed by atoms with Crippen molar-refractivity contribution < 1.29 is 19.2 Å². The van der Waals surface area contributed by atoms with Crippen molar-refractivity contribution in [1.82, 2.24) is 26.6 Å². The minimum Gasteiger partial charge on any atom is -0.352 e. The number of benzene rings is 1. The van der Waals surface area contributed by atoms with Gasteiger partial charge in [0.1, 0.15) is 12.1 Å². The van der Waals surface area contributed by atoms with Crippen molar-refractivity contribution in [2.45, 2.75) is 76.5 Å². The molecule has 10 heteroatoms. The highest BCUT2D eigenvalue weighted by Crippen LogP contribution is 2.18. The molecule has 1 saturated carbocycles. The molecule has 2 rings (SSSR count). The Hall–Kier alpha value is -2.98. The van der Waals surface area contributed by atoms with Crippen LogP contribution in [0.25, 0.3) is 0 Å². The summed E-state index contributed by atoms with van der Waals surface area (Å²) in [4.78, 5) is 50.4. The molecule has 10 nitrogen and oxygen atoms in total. The van der Waals surface area contributed by atoms with Crippen LogP contribution < -0.4 is 32.3 Å². The van der Waals surface area contributed by atoms with Gasteiger partial charge in [-0.2, -0.15) is 0 Å². The summed E-state index contributed by atoms with van der Waals surface area (Å²) in [5.74, 6) is -1.51. The maximum Gasteiger partial charge on any atom is 0.243 e. The maximum absolute atomic E-state index is 13.1. The van der Waals surface area contributed by atoms with Gasteiger partial charge in [-0.25, -0.2) is 0 Å². The van der Waals surface area contributed by atoms with Gasteiger partial charge in [0.15, 0.2) is 0 Å². The van der Waals surface area contributed by atoms with E-state index in [2.05, 4.69) is 26.6 Å². The van der Waals surface area contributed by atoms with E-state index < -0.39 is 29.8 Å². The first kappa shape index (κ1) is 29.3. The average molecular weight is 503 g/mol. The van der Waals surface area contributed by atoms with Crippen LogP contribution in [0.3, 0.4) is 0 Å². The quantitative estimate of drug-likeness (QED) is 0.223. The van der Waals surface area contributed by atoms with E-state index in [1.54, 1.807) is 0 Å². The van der Waals surface area contributed by atoms with E-state index in [-0.39, 0.29) is 37.4 Å². The van der Waals surface area contributed by atoms with Crippen molar-refractivity contribution in [3.63, 3.8) is 0 Å². The molecule has 1 aromatic carbocycles. The molecular weight excluding hydrogens is 460 g/mol. The van der Waals surface area contributed by atoms with Crippen molar-refractivity contribution >= 4 is 23.6 Å². The van der Waals surface area contributed by atoms with Gasteiger partial charge in [0.25, 0.3) is 0 Å². The van der Waals surface area contributed by atoms with Crippen LogP contribution in [0.2, 0.25) is 0 Å². The van der Waals surface area contributed by atoms with E-state index >= 15 is 0 Å². The second-order valence-electron chi connectivity index (χ2n) is 9.83. The van der Waals surface area contributed by atoms with Crippen LogP contribution in [0.15, 0.2) is 30.3 Å². The number of rotatable bonds is 13. The molecule has 1 aliphatic rings. The lowest BCUT2D eigenvalue weighted by atomic mass is 9.91. The Morgan fingerprint density at radius 2 is 1.53 bits per heavy atom. The van der Waals surface area contributed by atoms with Gasteiger partial charge in [0, 0.05) is 18.5 Å². The van der Waals surface area contributed by atoms with Crippen molar-refractivity contribution in [2.24, 2.45) is 11.7 Å². The van der Waals surface area contributed by atoms with E-state index in [4.69, 9.17) is 5.73 Å². The molecule has 1 aromatic rings. The first-order valence-electron chi connectivity index (χ1n) is 12.8. The standard InChI is InChI=1S/C26H42N6O4/c1-17(2)13-21(25(35)29-16-24(34)30-20-11-9-19(28-3)10-12-20)32-26(36)22(31-23(33)15-27)14-18-7-5-4-6-8-18/h4-8,17,19-22,28H,9-16,27H2,1-3H3,(H,29,35)(H,30,34)(H,31,33)(H,32,36)/t19?,20?,21-,22-/m0/s1. The number of nitrogens with two attached hydrogens (primary N) is 1. The van der Waals surface area contributed by atoms with Gasteiger partial charge >= 0.3 is 0 Å². The second kappa shape index (κ2) is 15.2. The lowest BCUT2D eigenvalue weighted by molar-refractivity contribution is -0.132. The van der Waals surface area contributed by atoms with Gasteiger partial charge < -0.3 is 32.3 Å². The normalized spacial score (nSPS) is 19.1. The van der Waals surface area contributed by atoms with Crippen LogP contribution in [-0.4, -0.2) is 67.9 Å². The van der Waals surface area contributed by atoms with Gasteiger partial charge in [-0.3, -0.25) is 19.2 Å². The maximum atomic E-state index is 13.1. The Kier molecular flexibility index (Phi) is 12.4. The minimum atomic E-state index is -0.887. The Morgan fingerprint density at radius 3 is 2.11 bits per heavy atom. The first-order chi connectivity index (χ1) is 17.2. The van der Waals surface area contributed by atoms with Gasteiger partial charge in [-0.15, -0.1) is 0 Å². The summed E-state index contributed by atoms with van der Waals surface area (Å²) >= 11 is 0. The number of nitrogens with one attached hydrogen (secondary N) is 5. The van der Waals surface area contributed by atoms with E-state index in [9.17, 15) is 19.2 Å². The predicted molar refractivity (Wildman–Crippen MR) is 139 cm³/mol. The molecule has 0 radical (unpaired) electrons. The minimum absolute atomic E-state index is 0.107. The highest BCUT2D eigenvalue weighted by molar-refractivity contribution is 5.93. The number of hydrogen-bond donors (Lipinski definition) is 6. The smallest absolute Gasteiger partial charge is 0.243 e. The van der Waals surface area contributed by atoms with E-state index in [0.717, 1.165) is 31.2 Å². The van der Waals surface area contributed by atoms with Gasteiger partial charge in [-0.1, -0.05) is 44.2 Å². The highest BCUT2D eigenvalue weighted by Gasteiger charge is 2.28. The largest absolute Gasteiger partial charge is 0.352 e. The fourth-order valence-electron chi connectivity index (χ4n) is 4.38. The third-order valence-electron chi connectivity index (χ3n) is 6.38. The molecule has 7 N–H and O–H groups in total. The molecule has 2 atom stereocenters. The molecule has 1 fully saturated rings. The molecule has 0 saturated heterocycles. The zero-order chi connectivity index (χ0) is 26.5. The fraction of sp³-hybridized carbons (Fsp3) is 0.615. The van der Waals surface area contributed by atoms with Crippen molar-refractivity contribution in [2.75, 3.05) is 20.1 Å². The molecule has 0 aliphatic heterocycles. The molecule has 0 spiro atoms. The summed E-state index contributed by atoms with van der Waals surface area (Å²) in [6.45, 7) is 3.48. The third-order valence-corrected chi connectivity index (χ3v) is 6.38. The molecule has 0 heterocycles. The van der Waals surface area contributed by atoms with Gasteiger partial charge in [0.05, 0.1) is 13.1 Å². The van der Waals surface area contributed by atoms with E-state index in [0.29, 0.717) is 12.5 Å². The number of carbonyl (C=O) groups is 4. The summed E-state index contributed by atoms with van der Waals surface area (Å²) in [5.41, 5.74) is 6.29. The van der Waals surface area contributed by atoms with Crippen LogP contribution in [0.1, 0.15) is 51.5 Å². The molecule has 0 aromatic heterocycles. The number of hydrogen-bond acceptors (Lipinski definition) is 6. The van der Waals surface area contributed by atoms with E-state index in [1.165, 1.54) is 0 Å². The highest BCUT2D eigenvalue weighted by atomic mass is 16.2. The zero-order valence-corrected chi connectivity index (χ0v) is 21.6. The molecule has 36 heavy (non-hydrogen) atoms. The molecule has 0 unspecified atom stereocenters. The number of carbonyl (C=O) groups excluding carboxylic acids is 4. The molecule has 1 aliphatic carbocycles. The van der Waals surface area contributed by atoms with Crippen LogP contribution in [0.5, 0.6) is 0 Å². The van der Waals surface area contributed by atoms with Crippen molar-refractivity contribution in [1.29, 1.82) is 0 Å². The average Bonchev–Trinajstić information content (AvgIpc) is 2.87. The van der Waals surface area contributed by atoms with Crippen molar-refractivity contribution in [3.8, 4) is 0 Å². The SMILES string of the molecule is CNC1CCC(NC(=O)CNC(=O)[C@H](CC(C)C)NC(=O)[C@H](Cc2ccccc2)NC(=O)CN)CC1. The Balaban J connectivity index is 1.95. The van der Waals surface area contributed by atoms with E-state index in [1.807, 2.05) is 51.2 Å². The van der Waals surface area contributed by atoms with Crippen LogP contribution in [0.4, 0.5) is 0 Å². The first-order valence-corrected chi connectivity index (χ1v) is 12.8. The molecule has 200 valence electrons. The Morgan fingerprint density at radius 1 is 0.889 bits per heavy atom. The lowest BCUT2D eigenvalue weighted by Gasteiger charge is -2.29. The summed E-state index contributed by atoms with van der Waals surface area (Å²) in [7, 11) is 1.95. The predicted octanol–water partition coefficient (Wildman–Crippen LogP) is -0.0335. The number of amides is 4. The topological polar surface area (TPSA) is 154 Å². The molecule has 4 amide bonds. The second-order valence-corrected chi connectivity index (χ2v) is 9.83. The molecular formula is C26H42N6O4.